The number of rotatable bonds is 3. The second-order valence-electron chi connectivity index (χ2n) is 4.42. The molecule has 1 aromatic carbocycles. The highest BCUT2D eigenvalue weighted by Gasteiger charge is 2.49. The van der Waals surface area contributed by atoms with Crippen LogP contribution in [0.3, 0.4) is 0 Å². The Balaban J connectivity index is 2.52. The summed E-state index contributed by atoms with van der Waals surface area (Å²) in [4.78, 5) is 3.03. The molecule has 1 saturated heterocycles. The molecule has 0 unspecified atom stereocenters. The minimum Gasteiger partial charge on any atom is -0.377 e. The Morgan fingerprint density at radius 3 is 2.41 bits per heavy atom. The number of ether oxygens (including phenoxy) is 2. The zero-order chi connectivity index (χ0) is 16.6. The standard InChI is InChI=1S/C12H10F3NO5S/c1-11(19-5-6-20-11)9-4-3-8(16-2)7-10(9)21-22(17,18)12(13,14)15/h3-4,7H,5-6H2,1H3. The van der Waals surface area contributed by atoms with Crippen LogP contribution in [0.2, 0.25) is 0 Å². The molecule has 6 nitrogen and oxygen atoms in total. The monoisotopic (exact) mass is 337 g/mol. The highest BCUT2D eigenvalue weighted by Crippen LogP contribution is 2.40. The molecule has 0 spiro atoms. The molecule has 0 radical (unpaired) electrons. The van der Waals surface area contributed by atoms with Crippen LogP contribution in [0.5, 0.6) is 5.75 Å². The lowest BCUT2D eigenvalue weighted by atomic mass is 10.1. The number of hydrogen-bond acceptors (Lipinski definition) is 5. The first-order valence-electron chi connectivity index (χ1n) is 5.90. The van der Waals surface area contributed by atoms with Crippen LogP contribution in [0.1, 0.15) is 12.5 Å². The highest BCUT2D eigenvalue weighted by molar-refractivity contribution is 7.88. The minimum atomic E-state index is -5.87. The molecule has 1 aromatic rings. The molecule has 10 heteroatoms. The summed E-state index contributed by atoms with van der Waals surface area (Å²) < 4.78 is 74.5. The van der Waals surface area contributed by atoms with E-state index in [4.69, 9.17) is 16.0 Å². The molecule has 1 aliphatic rings. The summed E-state index contributed by atoms with van der Waals surface area (Å²) in [5, 5.41) is 0. The van der Waals surface area contributed by atoms with E-state index in [0.717, 1.165) is 6.07 Å². The van der Waals surface area contributed by atoms with Crippen molar-refractivity contribution in [2.45, 2.75) is 18.2 Å². The zero-order valence-corrected chi connectivity index (χ0v) is 12.0. The van der Waals surface area contributed by atoms with Gasteiger partial charge in [0.05, 0.1) is 25.3 Å². The fourth-order valence-electron chi connectivity index (χ4n) is 1.86. The number of nitrogens with zero attached hydrogens (tertiary/aromatic N) is 1. The number of halogens is 3. The van der Waals surface area contributed by atoms with E-state index in [2.05, 4.69) is 9.03 Å². The lowest BCUT2D eigenvalue weighted by Gasteiger charge is -2.25. The van der Waals surface area contributed by atoms with Crippen LogP contribution in [0.15, 0.2) is 18.2 Å². The van der Waals surface area contributed by atoms with Gasteiger partial charge in [0.25, 0.3) is 0 Å². The maximum Gasteiger partial charge on any atom is 0.534 e. The van der Waals surface area contributed by atoms with Crippen LogP contribution in [-0.4, -0.2) is 27.1 Å². The maximum atomic E-state index is 12.5. The van der Waals surface area contributed by atoms with E-state index < -0.39 is 27.2 Å². The Hall–Kier alpha value is -1.83. The van der Waals surface area contributed by atoms with Gasteiger partial charge in [0, 0.05) is 0 Å². The molecule has 2 rings (SSSR count). The van der Waals surface area contributed by atoms with Gasteiger partial charge in [-0.05, 0) is 13.0 Å². The fourth-order valence-corrected chi connectivity index (χ4v) is 2.33. The smallest absolute Gasteiger partial charge is 0.377 e. The zero-order valence-electron chi connectivity index (χ0n) is 11.2. The van der Waals surface area contributed by atoms with Gasteiger partial charge in [0.1, 0.15) is 5.75 Å². The van der Waals surface area contributed by atoms with Gasteiger partial charge < -0.3 is 13.7 Å². The molecule has 0 N–H and O–H groups in total. The summed E-state index contributed by atoms with van der Waals surface area (Å²) in [6, 6.07) is 3.42. The summed E-state index contributed by atoms with van der Waals surface area (Å²) in [7, 11) is -5.87. The molecule has 0 aromatic heterocycles. The Morgan fingerprint density at radius 2 is 1.91 bits per heavy atom. The molecule has 0 bridgehead atoms. The average Bonchev–Trinajstić information content (AvgIpc) is 2.84. The Morgan fingerprint density at radius 1 is 1.32 bits per heavy atom. The van der Waals surface area contributed by atoms with Gasteiger partial charge in [-0.25, -0.2) is 4.85 Å². The normalized spacial score (nSPS) is 18.0. The summed E-state index contributed by atoms with van der Waals surface area (Å²) in [5.74, 6) is -2.10. The van der Waals surface area contributed by atoms with E-state index in [1.807, 2.05) is 0 Å². The van der Waals surface area contributed by atoms with E-state index in [1.54, 1.807) is 0 Å². The lowest BCUT2D eigenvalue weighted by molar-refractivity contribution is -0.150. The van der Waals surface area contributed by atoms with E-state index in [1.165, 1.54) is 19.1 Å². The van der Waals surface area contributed by atoms with Gasteiger partial charge in [-0.2, -0.15) is 21.6 Å². The molecular formula is C12H10F3NO5S. The summed E-state index contributed by atoms with van der Waals surface area (Å²) in [6.07, 6.45) is 0. The van der Waals surface area contributed by atoms with Crippen LogP contribution < -0.4 is 4.18 Å². The molecule has 1 heterocycles. The molecule has 120 valence electrons. The molecule has 22 heavy (non-hydrogen) atoms. The number of alkyl halides is 3. The van der Waals surface area contributed by atoms with E-state index in [9.17, 15) is 21.6 Å². The van der Waals surface area contributed by atoms with Gasteiger partial charge >= 0.3 is 15.6 Å². The van der Waals surface area contributed by atoms with Gasteiger partial charge in [-0.1, -0.05) is 12.1 Å². The fraction of sp³-hybridized carbons (Fsp3) is 0.417. The maximum absolute atomic E-state index is 12.5. The molecule has 0 amide bonds. The third kappa shape index (κ3) is 3.01. The van der Waals surface area contributed by atoms with Crippen molar-refractivity contribution in [3.63, 3.8) is 0 Å². The Kier molecular flexibility index (Phi) is 4.08. The highest BCUT2D eigenvalue weighted by atomic mass is 32.2. The van der Waals surface area contributed by atoms with Crippen LogP contribution in [0.4, 0.5) is 18.9 Å². The quantitative estimate of drug-likeness (QED) is 0.482. The largest absolute Gasteiger partial charge is 0.534 e. The van der Waals surface area contributed by atoms with E-state index in [-0.39, 0.29) is 24.5 Å². The Labute approximate surface area is 124 Å². The van der Waals surface area contributed by atoms with Crippen molar-refractivity contribution in [2.24, 2.45) is 0 Å². The van der Waals surface area contributed by atoms with Crippen molar-refractivity contribution in [3.05, 3.63) is 35.2 Å². The van der Waals surface area contributed by atoms with Crippen LogP contribution >= 0.6 is 0 Å². The third-order valence-corrected chi connectivity index (χ3v) is 3.87. The predicted molar refractivity (Wildman–Crippen MR) is 67.6 cm³/mol. The van der Waals surface area contributed by atoms with Gasteiger partial charge in [-0.15, -0.1) is 0 Å². The molecule has 1 fully saturated rings. The van der Waals surface area contributed by atoms with Crippen LogP contribution in [0.25, 0.3) is 4.85 Å². The van der Waals surface area contributed by atoms with Crippen LogP contribution in [0, 0.1) is 6.57 Å². The van der Waals surface area contributed by atoms with E-state index in [0.29, 0.717) is 0 Å². The first kappa shape index (κ1) is 16.5. The van der Waals surface area contributed by atoms with Crippen LogP contribution in [-0.2, 0) is 25.4 Å². The van der Waals surface area contributed by atoms with Crippen molar-refractivity contribution < 1.29 is 35.2 Å². The van der Waals surface area contributed by atoms with E-state index >= 15 is 0 Å². The first-order valence-corrected chi connectivity index (χ1v) is 7.30. The lowest BCUT2D eigenvalue weighted by Crippen LogP contribution is -2.30. The molecule has 0 atom stereocenters. The van der Waals surface area contributed by atoms with Gasteiger partial charge in [0.15, 0.2) is 11.5 Å². The summed E-state index contributed by atoms with van der Waals surface area (Å²) >= 11 is 0. The second-order valence-corrected chi connectivity index (χ2v) is 5.96. The number of benzene rings is 1. The van der Waals surface area contributed by atoms with Crippen molar-refractivity contribution in [1.82, 2.24) is 0 Å². The third-order valence-electron chi connectivity index (χ3n) is 2.90. The number of hydrogen-bond donors (Lipinski definition) is 0. The summed E-state index contributed by atoms with van der Waals surface area (Å²) in [5.41, 5.74) is -5.72. The predicted octanol–water partition coefficient (Wildman–Crippen LogP) is 2.69. The van der Waals surface area contributed by atoms with Crippen molar-refractivity contribution in [1.29, 1.82) is 0 Å². The van der Waals surface area contributed by atoms with Gasteiger partial charge in [-0.3, -0.25) is 0 Å². The minimum absolute atomic E-state index is 0.0507. The second kappa shape index (κ2) is 5.42. The van der Waals surface area contributed by atoms with Crippen molar-refractivity contribution >= 4 is 15.8 Å². The molecule has 1 aliphatic heterocycles. The van der Waals surface area contributed by atoms with Gasteiger partial charge in [0.2, 0.25) is 0 Å². The SMILES string of the molecule is [C-]#[N+]c1ccc(C2(C)OCCO2)c(OS(=O)(=O)C(F)(F)F)c1. The first-order chi connectivity index (χ1) is 10.1. The topological polar surface area (TPSA) is 66.2 Å². The summed E-state index contributed by atoms with van der Waals surface area (Å²) in [6.45, 7) is 8.65. The molecule has 0 saturated carbocycles. The molecular weight excluding hydrogens is 327 g/mol. The van der Waals surface area contributed by atoms with Crippen molar-refractivity contribution in [3.8, 4) is 5.75 Å². The Bertz CT molecular complexity index is 717. The molecule has 0 aliphatic carbocycles. The van der Waals surface area contributed by atoms with Crippen molar-refractivity contribution in [2.75, 3.05) is 13.2 Å². The average molecular weight is 337 g/mol.